The van der Waals surface area contributed by atoms with E-state index in [2.05, 4.69) is 10.3 Å². The smallest absolute Gasteiger partial charge is 0.335 e. The van der Waals surface area contributed by atoms with E-state index in [9.17, 15) is 4.79 Å². The summed E-state index contributed by atoms with van der Waals surface area (Å²) >= 11 is 0. The molecule has 0 aliphatic heterocycles. The molecule has 1 aromatic carbocycles. The molecule has 0 spiro atoms. The first-order chi connectivity index (χ1) is 9.74. The van der Waals surface area contributed by atoms with E-state index in [1.807, 2.05) is 4.68 Å². The molecule has 5 rings (SSSR count). The lowest BCUT2D eigenvalue weighted by molar-refractivity contribution is 0.0697. The zero-order valence-electron chi connectivity index (χ0n) is 10.9. The maximum atomic E-state index is 11.1. The number of rotatable bonds is 2. The number of carboxylic acid groups (broad SMARTS) is 1. The fourth-order valence-corrected chi connectivity index (χ4v) is 4.90. The van der Waals surface area contributed by atoms with E-state index in [0.717, 1.165) is 34.7 Å². The molecule has 5 nitrogen and oxygen atoms in total. The van der Waals surface area contributed by atoms with Gasteiger partial charge in [0.2, 0.25) is 0 Å². The highest BCUT2D eigenvalue weighted by Gasteiger charge is 2.66. The van der Waals surface area contributed by atoms with E-state index in [0.29, 0.717) is 11.6 Å². The van der Waals surface area contributed by atoms with Crippen molar-refractivity contribution in [2.75, 3.05) is 0 Å². The summed E-state index contributed by atoms with van der Waals surface area (Å²) in [6.45, 7) is 0. The van der Waals surface area contributed by atoms with Crippen LogP contribution in [0.1, 0.15) is 35.7 Å². The van der Waals surface area contributed by atoms with Crippen molar-refractivity contribution in [1.82, 2.24) is 15.0 Å². The van der Waals surface area contributed by atoms with Crippen LogP contribution in [0.5, 0.6) is 0 Å². The average Bonchev–Trinajstić information content (AvgIpc) is 2.84. The Labute approximate surface area is 115 Å². The largest absolute Gasteiger partial charge is 0.478 e. The van der Waals surface area contributed by atoms with Crippen LogP contribution < -0.4 is 0 Å². The molecule has 0 amide bonds. The first-order valence-corrected chi connectivity index (χ1v) is 7.32. The van der Waals surface area contributed by atoms with Crippen molar-refractivity contribution in [1.29, 1.82) is 0 Å². The molecule has 2 aromatic rings. The summed E-state index contributed by atoms with van der Waals surface area (Å²) in [7, 11) is 0. The van der Waals surface area contributed by atoms with Gasteiger partial charge in [0.15, 0.2) is 0 Å². The minimum Gasteiger partial charge on any atom is -0.478 e. The maximum Gasteiger partial charge on any atom is 0.335 e. The molecule has 3 fully saturated rings. The number of fused-ring (bicyclic) bond motifs is 6. The molecule has 4 unspecified atom stereocenters. The summed E-state index contributed by atoms with van der Waals surface area (Å²) in [5.41, 5.74) is 1.99. The van der Waals surface area contributed by atoms with E-state index in [1.54, 1.807) is 18.2 Å². The Morgan fingerprint density at radius 1 is 1.25 bits per heavy atom. The van der Waals surface area contributed by atoms with E-state index in [1.165, 1.54) is 19.3 Å². The van der Waals surface area contributed by atoms with Crippen LogP contribution >= 0.6 is 0 Å². The van der Waals surface area contributed by atoms with Crippen LogP contribution in [0.2, 0.25) is 0 Å². The normalized spacial score (nSPS) is 37.3. The van der Waals surface area contributed by atoms with Crippen molar-refractivity contribution in [2.24, 2.45) is 23.7 Å². The van der Waals surface area contributed by atoms with Gasteiger partial charge in [0.1, 0.15) is 5.52 Å². The molecular weight excluding hydrogens is 254 g/mol. The minimum absolute atomic E-state index is 0.315. The Hall–Kier alpha value is -1.91. The van der Waals surface area contributed by atoms with Crippen LogP contribution in [0, 0.1) is 23.7 Å². The van der Waals surface area contributed by atoms with Crippen molar-refractivity contribution in [3.05, 3.63) is 23.8 Å². The predicted octanol–water partition coefficient (Wildman–Crippen LogP) is 2.35. The molecule has 3 saturated carbocycles. The molecule has 2 bridgehead atoms. The number of nitrogens with zero attached hydrogens (tertiary/aromatic N) is 3. The third-order valence-electron chi connectivity index (χ3n) is 5.70. The summed E-state index contributed by atoms with van der Waals surface area (Å²) in [6, 6.07) is 5.54. The average molecular weight is 269 g/mol. The summed E-state index contributed by atoms with van der Waals surface area (Å²) in [5, 5.41) is 17.6. The van der Waals surface area contributed by atoms with Gasteiger partial charge in [-0.05, 0) is 61.1 Å². The highest BCUT2D eigenvalue weighted by atomic mass is 16.4. The summed E-state index contributed by atoms with van der Waals surface area (Å²) < 4.78 is 2.00. The first-order valence-electron chi connectivity index (χ1n) is 7.32. The molecule has 20 heavy (non-hydrogen) atoms. The van der Waals surface area contributed by atoms with Gasteiger partial charge in [-0.2, -0.15) is 0 Å². The predicted molar refractivity (Wildman–Crippen MR) is 71.3 cm³/mol. The SMILES string of the molecule is O=C(O)c1ccc2nnn(C3C4C5CCC(C5)C43)c2c1. The van der Waals surface area contributed by atoms with Crippen LogP contribution in [-0.4, -0.2) is 26.1 Å². The number of hydrogen-bond donors (Lipinski definition) is 1. The second-order valence-corrected chi connectivity index (χ2v) is 6.52. The third-order valence-corrected chi connectivity index (χ3v) is 5.70. The molecule has 1 aromatic heterocycles. The van der Waals surface area contributed by atoms with Crippen LogP contribution in [0.25, 0.3) is 11.0 Å². The Bertz CT molecular complexity index is 722. The van der Waals surface area contributed by atoms with Crippen LogP contribution in [0.3, 0.4) is 0 Å². The Morgan fingerprint density at radius 3 is 2.70 bits per heavy atom. The fraction of sp³-hybridized carbons (Fsp3) is 0.533. The van der Waals surface area contributed by atoms with Gasteiger partial charge in [-0.3, -0.25) is 0 Å². The van der Waals surface area contributed by atoms with Gasteiger partial charge in [0.25, 0.3) is 0 Å². The van der Waals surface area contributed by atoms with Crippen molar-refractivity contribution < 1.29 is 9.90 Å². The van der Waals surface area contributed by atoms with Crippen molar-refractivity contribution in [3.8, 4) is 0 Å². The van der Waals surface area contributed by atoms with Gasteiger partial charge < -0.3 is 5.11 Å². The quantitative estimate of drug-likeness (QED) is 0.908. The molecule has 1 N–H and O–H groups in total. The lowest BCUT2D eigenvalue weighted by atomic mass is 10.0. The minimum atomic E-state index is -0.893. The topological polar surface area (TPSA) is 68.0 Å². The zero-order chi connectivity index (χ0) is 13.4. The number of benzene rings is 1. The van der Waals surface area contributed by atoms with Crippen LogP contribution in [0.4, 0.5) is 0 Å². The van der Waals surface area contributed by atoms with E-state index in [-0.39, 0.29) is 0 Å². The zero-order valence-corrected chi connectivity index (χ0v) is 10.9. The van der Waals surface area contributed by atoms with Crippen LogP contribution in [0.15, 0.2) is 18.2 Å². The van der Waals surface area contributed by atoms with Gasteiger partial charge in [0.05, 0.1) is 17.1 Å². The molecule has 4 atom stereocenters. The number of carbonyl (C=O) groups is 1. The van der Waals surface area contributed by atoms with Gasteiger partial charge >= 0.3 is 5.97 Å². The van der Waals surface area contributed by atoms with Crippen LogP contribution in [-0.2, 0) is 0 Å². The van der Waals surface area contributed by atoms with E-state index >= 15 is 0 Å². The number of aromatic carboxylic acids is 1. The summed E-state index contributed by atoms with van der Waals surface area (Å²) in [4.78, 5) is 11.1. The molecular formula is C15H15N3O2. The molecule has 3 aliphatic carbocycles. The molecule has 3 aliphatic rings. The molecule has 0 saturated heterocycles. The van der Waals surface area contributed by atoms with E-state index in [4.69, 9.17) is 5.11 Å². The summed E-state index contributed by atoms with van der Waals surface area (Å²) in [6.07, 6.45) is 4.14. The van der Waals surface area contributed by atoms with E-state index < -0.39 is 5.97 Å². The number of hydrogen-bond acceptors (Lipinski definition) is 3. The lowest BCUT2D eigenvalue weighted by Gasteiger charge is -2.09. The molecule has 0 radical (unpaired) electrons. The van der Waals surface area contributed by atoms with Crippen molar-refractivity contribution >= 4 is 17.0 Å². The molecule has 5 heteroatoms. The van der Waals surface area contributed by atoms with Gasteiger partial charge in [0, 0.05) is 0 Å². The Morgan fingerprint density at radius 2 is 2.00 bits per heavy atom. The highest BCUT2D eigenvalue weighted by Crippen LogP contribution is 2.71. The second kappa shape index (κ2) is 3.40. The van der Waals surface area contributed by atoms with Crippen molar-refractivity contribution in [3.63, 3.8) is 0 Å². The third kappa shape index (κ3) is 1.21. The maximum absolute atomic E-state index is 11.1. The van der Waals surface area contributed by atoms with Crippen molar-refractivity contribution in [2.45, 2.75) is 25.3 Å². The molecule has 102 valence electrons. The fourth-order valence-electron chi connectivity index (χ4n) is 4.90. The van der Waals surface area contributed by atoms with Gasteiger partial charge in [-0.1, -0.05) is 5.21 Å². The second-order valence-electron chi connectivity index (χ2n) is 6.52. The monoisotopic (exact) mass is 269 g/mol. The Kier molecular flexibility index (Phi) is 1.84. The van der Waals surface area contributed by atoms with Gasteiger partial charge in [-0.15, -0.1) is 5.10 Å². The molecule has 1 heterocycles. The number of aromatic nitrogens is 3. The van der Waals surface area contributed by atoms with Gasteiger partial charge in [-0.25, -0.2) is 9.48 Å². The standard InChI is InChI=1S/C15H15N3O2/c19-15(20)9-3-4-10-11(6-9)18(17-16-10)14-12-7-1-2-8(5-7)13(12)14/h3-4,6-8,12-14H,1-2,5H2,(H,19,20). The highest BCUT2D eigenvalue weighted by molar-refractivity contribution is 5.92. The first kappa shape index (κ1) is 10.8. The summed E-state index contributed by atoms with van der Waals surface area (Å²) in [5.74, 6) is 2.39. The lowest BCUT2D eigenvalue weighted by Crippen LogP contribution is -2.07. The number of carboxylic acids is 1. The Balaban J connectivity index is 1.60.